The number of rotatable bonds is 6. The van der Waals surface area contributed by atoms with Gasteiger partial charge in [-0.1, -0.05) is 24.3 Å². The zero-order valence-electron chi connectivity index (χ0n) is 18.9. The van der Waals surface area contributed by atoms with Crippen LogP contribution in [0, 0.1) is 0 Å². The van der Waals surface area contributed by atoms with E-state index in [1.807, 2.05) is 42.1 Å². The van der Waals surface area contributed by atoms with E-state index in [1.165, 1.54) is 0 Å². The maximum absolute atomic E-state index is 13.2. The minimum atomic E-state index is -0.622. The Balaban J connectivity index is 1.86. The number of carbonyl (C=O) groups is 2. The standard InChI is InChI=1S/C24H28N4O4/c1-24(2,3)32-23(30)26-17-10-8-9-16(15-17)22(29)27-20(21-25-13-14-28(21)4)18-11-6-7-12-19(18)31-5/h6-15,20H,1-5H3,(H,26,30)(H,27,29). The molecule has 32 heavy (non-hydrogen) atoms. The lowest BCUT2D eigenvalue weighted by Gasteiger charge is -2.21. The van der Waals surface area contributed by atoms with Crippen LogP contribution in [0.25, 0.3) is 0 Å². The number of carbonyl (C=O) groups excluding carboxylic acids is 2. The van der Waals surface area contributed by atoms with E-state index in [9.17, 15) is 9.59 Å². The second kappa shape index (κ2) is 9.55. The van der Waals surface area contributed by atoms with Crippen LogP contribution < -0.4 is 15.4 Å². The summed E-state index contributed by atoms with van der Waals surface area (Å²) in [4.78, 5) is 29.7. The van der Waals surface area contributed by atoms with E-state index in [-0.39, 0.29) is 5.91 Å². The van der Waals surface area contributed by atoms with Gasteiger partial charge in [-0.2, -0.15) is 0 Å². The molecule has 8 nitrogen and oxygen atoms in total. The fourth-order valence-corrected chi connectivity index (χ4v) is 3.22. The molecule has 0 fully saturated rings. The largest absolute Gasteiger partial charge is 0.496 e. The molecule has 3 aromatic rings. The van der Waals surface area contributed by atoms with Crippen molar-refractivity contribution in [1.29, 1.82) is 0 Å². The molecule has 0 aliphatic rings. The highest BCUT2D eigenvalue weighted by atomic mass is 16.6. The molecule has 0 saturated heterocycles. The Morgan fingerprint density at radius 2 is 1.84 bits per heavy atom. The van der Waals surface area contributed by atoms with Crippen molar-refractivity contribution < 1.29 is 19.1 Å². The monoisotopic (exact) mass is 436 g/mol. The summed E-state index contributed by atoms with van der Waals surface area (Å²) < 4.78 is 12.6. The molecule has 2 aromatic carbocycles. The molecular weight excluding hydrogens is 408 g/mol. The van der Waals surface area contributed by atoms with Crippen molar-refractivity contribution >= 4 is 17.7 Å². The van der Waals surface area contributed by atoms with Gasteiger partial charge in [0.05, 0.1) is 7.11 Å². The van der Waals surface area contributed by atoms with Gasteiger partial charge in [0.15, 0.2) is 0 Å². The van der Waals surface area contributed by atoms with Crippen molar-refractivity contribution in [2.24, 2.45) is 7.05 Å². The zero-order valence-corrected chi connectivity index (χ0v) is 18.9. The van der Waals surface area contributed by atoms with Crippen LogP contribution in [-0.4, -0.2) is 34.3 Å². The lowest BCUT2D eigenvalue weighted by molar-refractivity contribution is 0.0635. The molecule has 1 atom stereocenters. The van der Waals surface area contributed by atoms with E-state index in [4.69, 9.17) is 9.47 Å². The number of methoxy groups -OCH3 is 1. The number of hydrogen-bond acceptors (Lipinski definition) is 5. The van der Waals surface area contributed by atoms with E-state index in [1.54, 1.807) is 58.3 Å². The van der Waals surface area contributed by atoms with Crippen molar-refractivity contribution in [3.05, 3.63) is 77.9 Å². The summed E-state index contributed by atoms with van der Waals surface area (Å²) in [5, 5.41) is 5.70. The molecular formula is C24H28N4O4. The Bertz CT molecular complexity index is 1100. The summed E-state index contributed by atoms with van der Waals surface area (Å²) in [6.45, 7) is 5.35. The van der Waals surface area contributed by atoms with E-state index >= 15 is 0 Å². The van der Waals surface area contributed by atoms with Crippen molar-refractivity contribution in [3.8, 4) is 5.75 Å². The molecule has 2 amide bonds. The van der Waals surface area contributed by atoms with Crippen LogP contribution >= 0.6 is 0 Å². The summed E-state index contributed by atoms with van der Waals surface area (Å²) in [6.07, 6.45) is 2.90. The van der Waals surface area contributed by atoms with Crippen LogP contribution in [-0.2, 0) is 11.8 Å². The normalized spacial score (nSPS) is 12.0. The van der Waals surface area contributed by atoms with Gasteiger partial charge in [0.25, 0.3) is 5.91 Å². The number of nitrogens with one attached hydrogen (secondary N) is 2. The van der Waals surface area contributed by atoms with E-state index in [0.717, 1.165) is 5.56 Å². The molecule has 168 valence electrons. The number of imidazole rings is 1. The highest BCUT2D eigenvalue weighted by Crippen LogP contribution is 2.29. The molecule has 2 N–H and O–H groups in total. The SMILES string of the molecule is COc1ccccc1C(NC(=O)c1cccc(NC(=O)OC(C)(C)C)c1)c1nccn1C. The van der Waals surface area contributed by atoms with Gasteiger partial charge in [0, 0.05) is 36.3 Å². The van der Waals surface area contributed by atoms with Crippen LogP contribution in [0.1, 0.15) is 48.6 Å². The third-order valence-electron chi connectivity index (χ3n) is 4.61. The maximum Gasteiger partial charge on any atom is 0.412 e. The zero-order chi connectivity index (χ0) is 23.3. The Kier molecular flexibility index (Phi) is 6.82. The molecule has 0 bridgehead atoms. The van der Waals surface area contributed by atoms with Crippen molar-refractivity contribution in [1.82, 2.24) is 14.9 Å². The number of benzene rings is 2. The van der Waals surface area contributed by atoms with Gasteiger partial charge < -0.3 is 19.4 Å². The predicted octanol–water partition coefficient (Wildman–Crippen LogP) is 4.30. The highest BCUT2D eigenvalue weighted by Gasteiger charge is 2.24. The van der Waals surface area contributed by atoms with Crippen molar-refractivity contribution in [2.45, 2.75) is 32.4 Å². The molecule has 0 spiro atoms. The fraction of sp³-hybridized carbons (Fsp3) is 0.292. The number of aromatic nitrogens is 2. The van der Waals surface area contributed by atoms with Crippen LogP contribution in [0.5, 0.6) is 5.75 Å². The minimum Gasteiger partial charge on any atom is -0.496 e. The smallest absolute Gasteiger partial charge is 0.412 e. The van der Waals surface area contributed by atoms with E-state index in [0.29, 0.717) is 22.8 Å². The van der Waals surface area contributed by atoms with E-state index < -0.39 is 17.7 Å². The maximum atomic E-state index is 13.2. The van der Waals surface area contributed by atoms with E-state index in [2.05, 4.69) is 15.6 Å². The Labute approximate surface area is 187 Å². The molecule has 0 saturated carbocycles. The van der Waals surface area contributed by atoms with Gasteiger partial charge in [0.1, 0.15) is 23.2 Å². The Morgan fingerprint density at radius 3 is 2.50 bits per heavy atom. The number of para-hydroxylation sites is 1. The van der Waals surface area contributed by atoms with Gasteiger partial charge in [-0.15, -0.1) is 0 Å². The third-order valence-corrected chi connectivity index (χ3v) is 4.61. The first-order valence-electron chi connectivity index (χ1n) is 10.2. The molecule has 1 heterocycles. The summed E-state index contributed by atoms with van der Waals surface area (Å²) in [6, 6.07) is 13.6. The first kappa shape index (κ1) is 22.9. The summed E-state index contributed by atoms with van der Waals surface area (Å²) in [7, 11) is 3.45. The highest BCUT2D eigenvalue weighted by molar-refractivity contribution is 5.96. The average molecular weight is 437 g/mol. The number of anilines is 1. The fourth-order valence-electron chi connectivity index (χ4n) is 3.22. The molecule has 3 rings (SSSR count). The summed E-state index contributed by atoms with van der Waals surface area (Å²) in [5.74, 6) is 0.976. The quantitative estimate of drug-likeness (QED) is 0.601. The first-order chi connectivity index (χ1) is 15.2. The van der Waals surface area contributed by atoms with Crippen LogP contribution in [0.2, 0.25) is 0 Å². The number of aryl methyl sites for hydroxylation is 1. The van der Waals surface area contributed by atoms with Crippen molar-refractivity contribution in [2.75, 3.05) is 12.4 Å². The number of nitrogens with zero attached hydrogens (tertiary/aromatic N) is 2. The van der Waals surface area contributed by atoms with Gasteiger partial charge >= 0.3 is 6.09 Å². The predicted molar refractivity (Wildman–Crippen MR) is 122 cm³/mol. The van der Waals surface area contributed by atoms with Crippen molar-refractivity contribution in [3.63, 3.8) is 0 Å². The molecule has 0 radical (unpaired) electrons. The van der Waals surface area contributed by atoms with Gasteiger partial charge in [-0.25, -0.2) is 9.78 Å². The van der Waals surface area contributed by atoms with Gasteiger partial charge in [0.2, 0.25) is 0 Å². The second-order valence-electron chi connectivity index (χ2n) is 8.25. The van der Waals surface area contributed by atoms with Gasteiger partial charge in [-0.05, 0) is 45.0 Å². The Morgan fingerprint density at radius 1 is 1.09 bits per heavy atom. The van der Waals surface area contributed by atoms with Crippen LogP contribution in [0.3, 0.4) is 0 Å². The molecule has 8 heteroatoms. The lowest BCUT2D eigenvalue weighted by Crippen LogP contribution is -2.31. The molecule has 0 aliphatic carbocycles. The number of amides is 2. The molecule has 0 aliphatic heterocycles. The first-order valence-corrected chi connectivity index (χ1v) is 10.2. The minimum absolute atomic E-state index is 0.322. The molecule has 1 aromatic heterocycles. The van der Waals surface area contributed by atoms with Crippen LogP contribution in [0.4, 0.5) is 10.5 Å². The summed E-state index contributed by atoms with van der Waals surface area (Å²) >= 11 is 0. The topological polar surface area (TPSA) is 94.5 Å². The summed E-state index contributed by atoms with van der Waals surface area (Å²) in [5.41, 5.74) is 0.995. The Hall–Kier alpha value is -3.81. The average Bonchev–Trinajstić information content (AvgIpc) is 3.16. The second-order valence-corrected chi connectivity index (χ2v) is 8.25. The third kappa shape index (κ3) is 5.66. The number of hydrogen-bond donors (Lipinski definition) is 2. The van der Waals surface area contributed by atoms with Gasteiger partial charge in [-0.3, -0.25) is 10.1 Å². The number of ether oxygens (including phenoxy) is 2. The van der Waals surface area contributed by atoms with Crippen LogP contribution in [0.15, 0.2) is 60.9 Å². The lowest BCUT2D eigenvalue weighted by atomic mass is 10.0. The molecule has 1 unspecified atom stereocenters.